The predicted octanol–water partition coefficient (Wildman–Crippen LogP) is 13.4. The third kappa shape index (κ3) is 5.07. The lowest BCUT2D eigenvalue weighted by Crippen LogP contribution is -2.01. The zero-order valence-electron chi connectivity index (χ0n) is 31.3. The van der Waals surface area contributed by atoms with Crippen LogP contribution in [-0.4, -0.2) is 24.1 Å². The fourth-order valence-corrected chi connectivity index (χ4v) is 8.84. The van der Waals surface area contributed by atoms with E-state index in [1.54, 1.807) is 0 Å². The molecule has 3 heterocycles. The number of hydrogen-bond acceptors (Lipinski definition) is 3. The molecule has 270 valence electrons. The molecule has 0 fully saturated rings. The molecule has 3 aromatic heterocycles. The standard InChI is InChI=1S/C53H33N5/c1-3-15-35(16-4-1)51-54-52(38-27-29-43-41-21-9-11-24-47(41)57(49(43)32-38)39-19-5-2-6-20-39)56-53(55-51)44-23-13-18-37-31-50-46(33-45(37)44)42-22-10-12-25-48(42)58(50)40-28-26-34-14-7-8-17-36(34)30-40/h1-33H. The quantitative estimate of drug-likeness (QED) is 0.177. The average molecular weight is 740 g/mol. The molecule has 0 amide bonds. The van der Waals surface area contributed by atoms with Gasteiger partial charge in [0.15, 0.2) is 17.5 Å². The van der Waals surface area contributed by atoms with Crippen molar-refractivity contribution >= 4 is 65.2 Å². The summed E-state index contributed by atoms with van der Waals surface area (Å²) >= 11 is 0. The topological polar surface area (TPSA) is 48.5 Å². The van der Waals surface area contributed by atoms with Gasteiger partial charge in [-0.15, -0.1) is 0 Å². The number of aromatic nitrogens is 5. The van der Waals surface area contributed by atoms with Crippen LogP contribution in [0.25, 0.3) is 111 Å². The van der Waals surface area contributed by atoms with E-state index in [9.17, 15) is 0 Å². The van der Waals surface area contributed by atoms with Crippen molar-refractivity contribution < 1.29 is 0 Å². The first-order chi connectivity index (χ1) is 28.7. The van der Waals surface area contributed by atoms with Crippen molar-refractivity contribution in [3.05, 3.63) is 200 Å². The molecule has 0 radical (unpaired) electrons. The van der Waals surface area contributed by atoms with Crippen LogP contribution in [0.3, 0.4) is 0 Å². The van der Waals surface area contributed by atoms with Gasteiger partial charge in [0, 0.05) is 49.6 Å². The Morgan fingerprint density at radius 3 is 1.66 bits per heavy atom. The van der Waals surface area contributed by atoms with Crippen molar-refractivity contribution in [3.63, 3.8) is 0 Å². The lowest BCUT2D eigenvalue weighted by molar-refractivity contribution is 1.08. The Morgan fingerprint density at radius 2 is 0.862 bits per heavy atom. The third-order valence-corrected chi connectivity index (χ3v) is 11.5. The Bertz CT molecular complexity index is 3560. The van der Waals surface area contributed by atoms with Crippen LogP contribution in [0, 0.1) is 0 Å². The lowest BCUT2D eigenvalue weighted by Gasteiger charge is -2.12. The van der Waals surface area contributed by atoms with E-state index in [2.05, 4.69) is 191 Å². The summed E-state index contributed by atoms with van der Waals surface area (Å²) in [4.78, 5) is 15.7. The summed E-state index contributed by atoms with van der Waals surface area (Å²) < 4.78 is 4.72. The molecule has 0 aliphatic heterocycles. The van der Waals surface area contributed by atoms with E-state index < -0.39 is 0 Å². The summed E-state index contributed by atoms with van der Waals surface area (Å²) in [5.41, 5.74) is 9.65. The van der Waals surface area contributed by atoms with Gasteiger partial charge in [-0.25, -0.2) is 15.0 Å². The number of hydrogen-bond donors (Lipinski definition) is 0. The van der Waals surface area contributed by atoms with Gasteiger partial charge < -0.3 is 9.13 Å². The molecule has 12 aromatic rings. The smallest absolute Gasteiger partial charge is 0.164 e. The van der Waals surface area contributed by atoms with Crippen LogP contribution in [-0.2, 0) is 0 Å². The first kappa shape index (κ1) is 32.4. The Morgan fingerprint density at radius 1 is 0.276 bits per heavy atom. The van der Waals surface area contributed by atoms with Crippen LogP contribution in [0.4, 0.5) is 0 Å². The van der Waals surface area contributed by atoms with Gasteiger partial charge in [-0.3, -0.25) is 0 Å². The minimum absolute atomic E-state index is 0.626. The molecular formula is C53H33N5. The van der Waals surface area contributed by atoms with Crippen LogP contribution in [0.2, 0.25) is 0 Å². The highest BCUT2D eigenvalue weighted by Gasteiger charge is 2.19. The second-order valence-corrected chi connectivity index (χ2v) is 14.9. The Kier molecular flexibility index (Phi) is 7.16. The minimum Gasteiger partial charge on any atom is -0.309 e. The molecule has 0 bridgehead atoms. The van der Waals surface area contributed by atoms with Gasteiger partial charge in [0.25, 0.3) is 0 Å². The first-order valence-electron chi connectivity index (χ1n) is 19.6. The highest BCUT2D eigenvalue weighted by molar-refractivity contribution is 6.15. The van der Waals surface area contributed by atoms with Crippen LogP contribution >= 0.6 is 0 Å². The second-order valence-electron chi connectivity index (χ2n) is 14.9. The average Bonchev–Trinajstić information content (AvgIpc) is 3.80. The van der Waals surface area contributed by atoms with Crippen molar-refractivity contribution in [1.82, 2.24) is 24.1 Å². The van der Waals surface area contributed by atoms with Crippen LogP contribution in [0.5, 0.6) is 0 Å². The molecule has 12 rings (SSSR count). The van der Waals surface area contributed by atoms with Gasteiger partial charge in [-0.1, -0.05) is 146 Å². The van der Waals surface area contributed by atoms with Crippen LogP contribution < -0.4 is 0 Å². The summed E-state index contributed by atoms with van der Waals surface area (Å²) in [5.74, 6) is 1.90. The molecule has 0 aliphatic rings. The van der Waals surface area contributed by atoms with Crippen molar-refractivity contribution in [1.29, 1.82) is 0 Å². The summed E-state index contributed by atoms with van der Waals surface area (Å²) in [6.45, 7) is 0. The normalized spacial score (nSPS) is 11.8. The fourth-order valence-electron chi connectivity index (χ4n) is 8.84. The predicted molar refractivity (Wildman–Crippen MR) is 240 cm³/mol. The van der Waals surface area contributed by atoms with Crippen molar-refractivity contribution in [2.24, 2.45) is 0 Å². The summed E-state index contributed by atoms with van der Waals surface area (Å²) in [6, 6.07) is 71.0. The van der Waals surface area contributed by atoms with Gasteiger partial charge >= 0.3 is 0 Å². The van der Waals surface area contributed by atoms with Gasteiger partial charge in [0.05, 0.1) is 22.1 Å². The largest absolute Gasteiger partial charge is 0.309 e. The SMILES string of the molecule is c1ccc(-c2nc(-c3ccc4c5ccccc5n(-c5ccccc5)c4c3)nc(-c3cccc4cc5c(cc34)c3ccccc3n5-c3ccc4ccccc4c3)n2)cc1. The van der Waals surface area contributed by atoms with Crippen molar-refractivity contribution in [2.75, 3.05) is 0 Å². The molecule has 5 nitrogen and oxygen atoms in total. The molecule has 0 spiro atoms. The minimum atomic E-state index is 0.626. The maximum Gasteiger partial charge on any atom is 0.164 e. The number of fused-ring (bicyclic) bond motifs is 8. The van der Waals surface area contributed by atoms with Gasteiger partial charge in [-0.2, -0.15) is 0 Å². The monoisotopic (exact) mass is 739 g/mol. The number of rotatable bonds is 5. The van der Waals surface area contributed by atoms with Gasteiger partial charge in [-0.05, 0) is 76.1 Å². The second kappa shape index (κ2) is 12.8. The van der Waals surface area contributed by atoms with E-state index in [4.69, 9.17) is 15.0 Å². The lowest BCUT2D eigenvalue weighted by atomic mass is 10.0. The third-order valence-electron chi connectivity index (χ3n) is 11.5. The molecule has 9 aromatic carbocycles. The van der Waals surface area contributed by atoms with E-state index >= 15 is 0 Å². The molecule has 58 heavy (non-hydrogen) atoms. The van der Waals surface area contributed by atoms with Crippen molar-refractivity contribution in [3.8, 4) is 45.5 Å². The van der Waals surface area contributed by atoms with Crippen LogP contribution in [0.1, 0.15) is 0 Å². The number of benzene rings is 9. The molecule has 0 N–H and O–H groups in total. The summed E-state index contributed by atoms with van der Waals surface area (Å²) in [6.07, 6.45) is 0. The van der Waals surface area contributed by atoms with Gasteiger partial charge in [0.2, 0.25) is 0 Å². The molecule has 0 saturated carbocycles. The highest BCUT2D eigenvalue weighted by Crippen LogP contribution is 2.39. The molecular weight excluding hydrogens is 707 g/mol. The zero-order valence-corrected chi connectivity index (χ0v) is 31.3. The Labute approximate surface area is 333 Å². The maximum absolute atomic E-state index is 5.30. The highest BCUT2D eigenvalue weighted by atomic mass is 15.0. The first-order valence-corrected chi connectivity index (χ1v) is 19.6. The molecule has 0 aliphatic carbocycles. The van der Waals surface area contributed by atoms with E-state index in [0.29, 0.717) is 17.5 Å². The number of para-hydroxylation sites is 3. The van der Waals surface area contributed by atoms with Gasteiger partial charge in [0.1, 0.15) is 0 Å². The Balaban J connectivity index is 1.08. The number of nitrogens with zero attached hydrogens (tertiary/aromatic N) is 5. The maximum atomic E-state index is 5.30. The zero-order chi connectivity index (χ0) is 38.2. The molecule has 0 atom stereocenters. The van der Waals surface area contributed by atoms with Crippen molar-refractivity contribution in [2.45, 2.75) is 0 Å². The summed E-state index contributed by atoms with van der Waals surface area (Å²) in [5, 5.41) is 9.42. The molecule has 5 heteroatoms. The van der Waals surface area contributed by atoms with Crippen LogP contribution in [0.15, 0.2) is 200 Å². The van der Waals surface area contributed by atoms with E-state index in [-0.39, 0.29) is 0 Å². The van der Waals surface area contributed by atoms with E-state index in [1.165, 1.54) is 37.8 Å². The summed E-state index contributed by atoms with van der Waals surface area (Å²) in [7, 11) is 0. The molecule has 0 saturated heterocycles. The van der Waals surface area contributed by atoms with E-state index in [0.717, 1.165) is 55.4 Å². The fraction of sp³-hybridized carbons (Fsp3) is 0. The Hall–Kier alpha value is -7.89. The molecule has 0 unspecified atom stereocenters. The van der Waals surface area contributed by atoms with E-state index in [1.807, 2.05) is 18.2 Å².